The van der Waals surface area contributed by atoms with Gasteiger partial charge in [-0.25, -0.2) is 9.69 Å². The molecule has 0 bridgehead atoms. The fourth-order valence-corrected chi connectivity index (χ4v) is 4.65. The maximum absolute atomic E-state index is 14.8. The van der Waals surface area contributed by atoms with Crippen LogP contribution in [0, 0.1) is 5.13 Å². The molecule has 176 valence electrons. The number of amides is 2. The zero-order valence-electron chi connectivity index (χ0n) is 18.4. The molecule has 0 unspecified atom stereocenters. The summed E-state index contributed by atoms with van der Waals surface area (Å²) in [7, 11) is 0. The third kappa shape index (κ3) is 6.16. The van der Waals surface area contributed by atoms with Crippen LogP contribution in [0.2, 0.25) is 5.02 Å². The molecule has 0 aliphatic heterocycles. The highest BCUT2D eigenvalue weighted by molar-refractivity contribution is 7.11. The van der Waals surface area contributed by atoms with Gasteiger partial charge < -0.3 is 9.47 Å². The monoisotopic (exact) mass is 487 g/mol. The van der Waals surface area contributed by atoms with Gasteiger partial charge in [0.05, 0.1) is 24.7 Å². The van der Waals surface area contributed by atoms with E-state index in [0.29, 0.717) is 41.9 Å². The fourth-order valence-electron chi connectivity index (χ4n) is 3.36. The van der Waals surface area contributed by atoms with E-state index in [1.54, 1.807) is 6.92 Å². The Balaban J connectivity index is 2.42. The van der Waals surface area contributed by atoms with Gasteiger partial charge in [-0.1, -0.05) is 24.9 Å². The van der Waals surface area contributed by atoms with Crippen LogP contribution in [0.3, 0.4) is 0 Å². The summed E-state index contributed by atoms with van der Waals surface area (Å²) in [6, 6.07) is 0. The highest BCUT2D eigenvalue weighted by atomic mass is 35.5. The molecule has 1 heterocycles. The summed E-state index contributed by atoms with van der Waals surface area (Å²) < 4.78 is 25.0. The SMILES string of the molecule is CCCCOC(=O)C1=C(C(=O)N(C(C)=O)c2c(F)sc(CC(=O)OCC)c2Cl)CCCC1. The largest absolute Gasteiger partial charge is 0.466 e. The molecular weight excluding hydrogens is 461 g/mol. The number of esters is 2. The number of rotatable bonds is 9. The smallest absolute Gasteiger partial charge is 0.334 e. The van der Waals surface area contributed by atoms with Gasteiger partial charge in [-0.2, -0.15) is 4.39 Å². The Hall–Kier alpha value is -2.26. The molecule has 2 rings (SSSR count). The van der Waals surface area contributed by atoms with Crippen LogP contribution < -0.4 is 4.90 Å². The Kier molecular flexibility index (Phi) is 9.84. The van der Waals surface area contributed by atoms with Crippen LogP contribution in [-0.2, 0) is 35.1 Å². The van der Waals surface area contributed by atoms with E-state index in [1.165, 1.54) is 0 Å². The zero-order valence-corrected chi connectivity index (χ0v) is 20.0. The van der Waals surface area contributed by atoms with Crippen molar-refractivity contribution < 1.29 is 33.0 Å². The van der Waals surface area contributed by atoms with Crippen molar-refractivity contribution in [2.24, 2.45) is 0 Å². The number of ether oxygens (including phenoxy) is 2. The second-order valence-corrected chi connectivity index (χ2v) is 8.69. The molecule has 0 radical (unpaired) electrons. The van der Waals surface area contributed by atoms with Crippen molar-refractivity contribution in [1.82, 2.24) is 0 Å². The molecule has 1 aliphatic carbocycles. The molecular formula is C22H27ClFNO6S. The lowest BCUT2D eigenvalue weighted by atomic mass is 9.90. The van der Waals surface area contributed by atoms with Gasteiger partial charge in [0.15, 0.2) is 0 Å². The summed E-state index contributed by atoms with van der Waals surface area (Å²) in [5, 5.41) is -1.08. The third-order valence-corrected chi connectivity index (χ3v) is 6.39. The summed E-state index contributed by atoms with van der Waals surface area (Å²) in [4.78, 5) is 50.9. The zero-order chi connectivity index (χ0) is 23.8. The van der Waals surface area contributed by atoms with E-state index in [9.17, 15) is 23.6 Å². The average Bonchev–Trinajstić information content (AvgIpc) is 3.01. The van der Waals surface area contributed by atoms with Crippen molar-refractivity contribution in [3.63, 3.8) is 0 Å². The van der Waals surface area contributed by atoms with Gasteiger partial charge in [0.1, 0.15) is 5.69 Å². The number of unbranched alkanes of at least 4 members (excludes halogenated alkanes) is 1. The standard InChI is InChI=1S/C22H27ClFNO6S/c1-4-6-11-31-22(29)15-10-8-7-9-14(15)21(28)25(13(3)26)19-18(23)16(32-20(19)24)12-17(27)30-5-2/h4-12H2,1-3H3. The maximum Gasteiger partial charge on any atom is 0.334 e. The van der Waals surface area contributed by atoms with Crippen molar-refractivity contribution >= 4 is 52.4 Å². The fraction of sp³-hybridized carbons (Fsp3) is 0.545. The predicted molar refractivity (Wildman–Crippen MR) is 119 cm³/mol. The van der Waals surface area contributed by atoms with Crippen molar-refractivity contribution in [3.8, 4) is 0 Å². The van der Waals surface area contributed by atoms with Crippen molar-refractivity contribution in [3.05, 3.63) is 26.2 Å². The molecule has 1 aromatic rings. The van der Waals surface area contributed by atoms with E-state index in [4.69, 9.17) is 21.1 Å². The number of thiophene rings is 1. The third-order valence-electron chi connectivity index (χ3n) is 4.91. The number of carbonyl (C=O) groups excluding carboxylic acids is 4. The minimum atomic E-state index is -0.874. The minimum Gasteiger partial charge on any atom is -0.466 e. The first-order chi connectivity index (χ1) is 15.2. The maximum atomic E-state index is 14.8. The Bertz CT molecular complexity index is 926. The summed E-state index contributed by atoms with van der Waals surface area (Å²) >= 11 is 6.86. The van der Waals surface area contributed by atoms with Crippen LogP contribution in [0.1, 0.15) is 64.2 Å². The molecule has 0 atom stereocenters. The molecule has 1 aliphatic rings. The molecule has 7 nitrogen and oxygen atoms in total. The second kappa shape index (κ2) is 12.1. The molecule has 0 saturated carbocycles. The van der Waals surface area contributed by atoms with Crippen LogP contribution in [-0.4, -0.2) is 37.0 Å². The molecule has 0 fully saturated rings. The lowest BCUT2D eigenvalue weighted by Gasteiger charge is -2.24. The number of halogens is 2. The highest BCUT2D eigenvalue weighted by Gasteiger charge is 2.35. The van der Waals surface area contributed by atoms with Gasteiger partial charge in [0.2, 0.25) is 11.0 Å². The van der Waals surface area contributed by atoms with E-state index in [0.717, 1.165) is 13.3 Å². The molecule has 0 saturated heterocycles. The Morgan fingerprint density at radius 3 is 2.34 bits per heavy atom. The number of carbonyl (C=O) groups is 4. The van der Waals surface area contributed by atoms with E-state index >= 15 is 0 Å². The topological polar surface area (TPSA) is 90.0 Å². The summed E-state index contributed by atoms with van der Waals surface area (Å²) in [5.74, 6) is -2.76. The molecule has 0 aromatic carbocycles. The first-order valence-corrected chi connectivity index (χ1v) is 11.8. The molecule has 0 N–H and O–H groups in total. The van der Waals surface area contributed by atoms with E-state index in [1.807, 2.05) is 6.92 Å². The number of anilines is 1. The quantitative estimate of drug-likeness (QED) is 0.369. The molecule has 0 spiro atoms. The summed E-state index contributed by atoms with van der Waals surface area (Å²) in [6.07, 6.45) is 3.21. The Morgan fingerprint density at radius 2 is 1.75 bits per heavy atom. The first-order valence-electron chi connectivity index (χ1n) is 10.6. The molecule has 1 aromatic heterocycles. The summed E-state index contributed by atoms with van der Waals surface area (Å²) in [5.41, 5.74) is -0.0751. The van der Waals surface area contributed by atoms with Crippen molar-refractivity contribution in [1.29, 1.82) is 0 Å². The average molecular weight is 488 g/mol. The van der Waals surface area contributed by atoms with E-state index in [2.05, 4.69) is 0 Å². The number of hydrogen-bond acceptors (Lipinski definition) is 7. The first kappa shape index (κ1) is 26.0. The number of hydrogen-bond donors (Lipinski definition) is 0. The second-order valence-electron chi connectivity index (χ2n) is 7.26. The number of imide groups is 1. The predicted octanol–water partition coefficient (Wildman–Crippen LogP) is 4.74. The van der Waals surface area contributed by atoms with Crippen LogP contribution in [0.4, 0.5) is 10.1 Å². The van der Waals surface area contributed by atoms with Crippen LogP contribution in [0.5, 0.6) is 0 Å². The van der Waals surface area contributed by atoms with Gasteiger partial charge in [0, 0.05) is 22.9 Å². The lowest BCUT2D eigenvalue weighted by Crippen LogP contribution is -2.38. The van der Waals surface area contributed by atoms with E-state index < -0.39 is 34.6 Å². The van der Waals surface area contributed by atoms with Crippen molar-refractivity contribution in [2.75, 3.05) is 18.1 Å². The molecule has 10 heteroatoms. The Morgan fingerprint density at radius 1 is 1.09 bits per heavy atom. The van der Waals surface area contributed by atoms with Gasteiger partial charge >= 0.3 is 11.9 Å². The van der Waals surface area contributed by atoms with Crippen LogP contribution >= 0.6 is 22.9 Å². The lowest BCUT2D eigenvalue weighted by molar-refractivity contribution is -0.142. The van der Waals surface area contributed by atoms with Crippen LogP contribution in [0.25, 0.3) is 0 Å². The van der Waals surface area contributed by atoms with E-state index in [-0.39, 0.29) is 47.1 Å². The number of nitrogens with zero attached hydrogens (tertiary/aromatic N) is 1. The molecule has 2 amide bonds. The highest BCUT2D eigenvalue weighted by Crippen LogP contribution is 2.41. The van der Waals surface area contributed by atoms with Crippen LogP contribution in [0.15, 0.2) is 11.1 Å². The van der Waals surface area contributed by atoms with Gasteiger partial charge in [0.25, 0.3) is 5.91 Å². The Labute approximate surface area is 195 Å². The van der Waals surface area contributed by atoms with Gasteiger partial charge in [-0.3, -0.25) is 14.4 Å². The minimum absolute atomic E-state index is 0.126. The van der Waals surface area contributed by atoms with Gasteiger partial charge in [-0.15, -0.1) is 11.3 Å². The van der Waals surface area contributed by atoms with Gasteiger partial charge in [-0.05, 0) is 39.0 Å². The normalized spacial score (nSPS) is 13.7. The molecule has 32 heavy (non-hydrogen) atoms. The van der Waals surface area contributed by atoms with Crippen molar-refractivity contribution in [2.45, 2.75) is 65.7 Å². The summed E-state index contributed by atoms with van der Waals surface area (Å²) in [6.45, 7) is 5.10.